The first-order valence-corrected chi connectivity index (χ1v) is 11.0. The number of anilines is 1. The van der Waals surface area contributed by atoms with Crippen LogP contribution >= 0.6 is 28.3 Å². The predicted octanol–water partition coefficient (Wildman–Crippen LogP) is 5.43. The largest absolute Gasteiger partial charge is 0.462 e. The smallest absolute Gasteiger partial charge is 0.340 e. The predicted molar refractivity (Wildman–Crippen MR) is 136 cm³/mol. The Morgan fingerprint density at radius 3 is 2.58 bits per heavy atom. The molecule has 5 aromatic rings. The molecule has 2 aromatic heterocycles. The fourth-order valence-corrected chi connectivity index (χ4v) is 4.64. The van der Waals surface area contributed by atoms with E-state index in [1.54, 1.807) is 6.92 Å². The van der Waals surface area contributed by atoms with Crippen LogP contribution in [-0.4, -0.2) is 32.3 Å². The number of hydrogen-bond donors (Lipinski definition) is 1. The third kappa shape index (κ3) is 3.79. The first-order chi connectivity index (χ1) is 15.5. The molecule has 0 aliphatic heterocycles. The second kappa shape index (κ2) is 8.96. The zero-order valence-electron chi connectivity index (χ0n) is 18.0. The summed E-state index contributed by atoms with van der Waals surface area (Å²) in [6.45, 7) is 4.58. The van der Waals surface area contributed by atoms with Gasteiger partial charge in [-0.25, -0.2) is 9.78 Å². The highest BCUT2D eigenvalue weighted by atomic mass is 79.9. The minimum Gasteiger partial charge on any atom is -0.462 e. The number of rotatable bonds is 4. The van der Waals surface area contributed by atoms with Crippen molar-refractivity contribution in [3.05, 3.63) is 69.8 Å². The number of esters is 1. The van der Waals surface area contributed by atoms with Crippen LogP contribution in [-0.2, 0) is 11.3 Å². The van der Waals surface area contributed by atoms with Crippen molar-refractivity contribution in [2.75, 3.05) is 12.3 Å². The number of nitrogens with zero attached hydrogens (tertiary/aromatic N) is 4. The van der Waals surface area contributed by atoms with Crippen LogP contribution in [0.25, 0.3) is 32.7 Å². The van der Waals surface area contributed by atoms with Crippen molar-refractivity contribution in [2.45, 2.75) is 20.4 Å². The Bertz CT molecular complexity index is 1520. The number of benzene rings is 3. The molecule has 0 saturated carbocycles. The Labute approximate surface area is 204 Å². The molecular weight excluding hydrogens is 506 g/mol. The normalized spacial score (nSPS) is 11.1. The van der Waals surface area contributed by atoms with Crippen LogP contribution in [0, 0.1) is 6.92 Å². The van der Waals surface area contributed by atoms with Crippen LogP contribution < -0.4 is 5.73 Å². The Kier molecular flexibility index (Phi) is 6.23. The Balaban J connectivity index is 0.00000259. The molecule has 7 nitrogen and oxygen atoms in total. The van der Waals surface area contributed by atoms with E-state index in [1.807, 2.05) is 43.3 Å². The summed E-state index contributed by atoms with van der Waals surface area (Å²) in [6, 6.07) is 15.9. The zero-order valence-corrected chi connectivity index (χ0v) is 20.4. The van der Waals surface area contributed by atoms with Crippen molar-refractivity contribution in [1.82, 2.24) is 19.7 Å². The average molecular weight is 527 g/mol. The van der Waals surface area contributed by atoms with Crippen LogP contribution in [0.3, 0.4) is 0 Å². The van der Waals surface area contributed by atoms with E-state index in [2.05, 4.69) is 47.8 Å². The maximum absolute atomic E-state index is 13.2. The third-order valence-electron chi connectivity index (χ3n) is 5.62. The molecule has 33 heavy (non-hydrogen) atoms. The van der Waals surface area contributed by atoms with E-state index in [0.717, 1.165) is 37.4 Å². The van der Waals surface area contributed by atoms with Crippen LogP contribution in [0.5, 0.6) is 0 Å². The number of halogens is 2. The summed E-state index contributed by atoms with van der Waals surface area (Å²) in [4.78, 5) is 17.7. The minimum atomic E-state index is -0.363. The Morgan fingerprint density at radius 2 is 1.85 bits per heavy atom. The number of nitrogen functional groups attached to an aromatic ring is 1. The van der Waals surface area contributed by atoms with Crippen molar-refractivity contribution < 1.29 is 9.53 Å². The molecule has 0 atom stereocenters. The lowest BCUT2D eigenvalue weighted by molar-refractivity contribution is 0.0527. The van der Waals surface area contributed by atoms with Crippen LogP contribution in [0.2, 0.25) is 0 Å². The summed E-state index contributed by atoms with van der Waals surface area (Å²) in [5.41, 5.74) is 10.4. The highest BCUT2D eigenvalue weighted by Crippen LogP contribution is 2.39. The summed E-state index contributed by atoms with van der Waals surface area (Å²) in [7, 11) is 0. The third-order valence-corrected chi connectivity index (χ3v) is 6.11. The van der Waals surface area contributed by atoms with Gasteiger partial charge in [0.2, 0.25) is 5.95 Å². The lowest BCUT2D eigenvalue weighted by atomic mass is 10.0. The topological polar surface area (TPSA) is 95.9 Å². The molecule has 0 fully saturated rings. The lowest BCUT2D eigenvalue weighted by Crippen LogP contribution is -2.08. The van der Waals surface area contributed by atoms with Gasteiger partial charge in [-0.05, 0) is 36.9 Å². The van der Waals surface area contributed by atoms with Gasteiger partial charge in [0.05, 0.1) is 17.7 Å². The van der Waals surface area contributed by atoms with Gasteiger partial charge in [-0.2, -0.15) is 0 Å². The first-order valence-electron chi connectivity index (χ1n) is 10.2. The zero-order chi connectivity index (χ0) is 22.4. The van der Waals surface area contributed by atoms with E-state index in [-0.39, 0.29) is 30.9 Å². The Morgan fingerprint density at radius 1 is 1.09 bits per heavy atom. The molecule has 0 spiro atoms. The summed E-state index contributed by atoms with van der Waals surface area (Å²) in [5, 5.41) is 10.9. The quantitative estimate of drug-likeness (QED) is 0.248. The summed E-state index contributed by atoms with van der Waals surface area (Å²) >= 11 is 3.57. The van der Waals surface area contributed by atoms with E-state index in [4.69, 9.17) is 10.5 Å². The van der Waals surface area contributed by atoms with Crippen LogP contribution in [0.1, 0.15) is 28.5 Å². The van der Waals surface area contributed by atoms with E-state index >= 15 is 0 Å². The van der Waals surface area contributed by atoms with Gasteiger partial charge in [0.15, 0.2) is 0 Å². The van der Waals surface area contributed by atoms with Gasteiger partial charge in [0, 0.05) is 27.5 Å². The fraction of sp³-hybridized carbons (Fsp3) is 0.167. The summed E-state index contributed by atoms with van der Waals surface area (Å²) < 4.78 is 8.44. The van der Waals surface area contributed by atoms with Crippen molar-refractivity contribution in [1.29, 1.82) is 0 Å². The van der Waals surface area contributed by atoms with Crippen molar-refractivity contribution in [3.63, 3.8) is 0 Å². The molecule has 0 amide bonds. The van der Waals surface area contributed by atoms with E-state index in [1.165, 1.54) is 0 Å². The highest BCUT2D eigenvalue weighted by molar-refractivity contribution is 9.10. The van der Waals surface area contributed by atoms with E-state index in [0.29, 0.717) is 23.1 Å². The van der Waals surface area contributed by atoms with Gasteiger partial charge in [-0.1, -0.05) is 52.3 Å². The van der Waals surface area contributed by atoms with Gasteiger partial charge < -0.3 is 15.0 Å². The Hall–Kier alpha value is -3.23. The van der Waals surface area contributed by atoms with Crippen LogP contribution in [0.4, 0.5) is 5.95 Å². The molecule has 3 aromatic carbocycles. The molecule has 0 aliphatic rings. The summed E-state index contributed by atoms with van der Waals surface area (Å²) in [6.07, 6.45) is 0. The van der Waals surface area contributed by atoms with Crippen LogP contribution in [0.15, 0.2) is 53.0 Å². The minimum absolute atomic E-state index is 0. The van der Waals surface area contributed by atoms with E-state index in [9.17, 15) is 4.79 Å². The SMILES string of the molecule is CCOC(=O)c1c(C)n(Cc2ccccc2)c2c3nc(N)nnc3c3ccc(Br)cc3c12.Cl. The summed E-state index contributed by atoms with van der Waals surface area (Å²) in [5.74, 6) is -0.282. The van der Waals surface area contributed by atoms with Crippen molar-refractivity contribution >= 4 is 73.0 Å². The van der Waals surface area contributed by atoms with Crippen molar-refractivity contribution in [3.8, 4) is 0 Å². The maximum Gasteiger partial charge on any atom is 0.340 e. The molecule has 0 aliphatic carbocycles. The van der Waals surface area contributed by atoms with Gasteiger partial charge in [-0.15, -0.1) is 22.6 Å². The highest BCUT2D eigenvalue weighted by Gasteiger charge is 2.26. The lowest BCUT2D eigenvalue weighted by Gasteiger charge is -2.11. The molecule has 0 saturated heterocycles. The first kappa shape index (κ1) is 22.9. The monoisotopic (exact) mass is 525 g/mol. The fourth-order valence-electron chi connectivity index (χ4n) is 4.28. The molecule has 0 radical (unpaired) electrons. The molecule has 0 unspecified atom stereocenters. The second-order valence-corrected chi connectivity index (χ2v) is 8.45. The number of aromatic nitrogens is 4. The van der Waals surface area contributed by atoms with Gasteiger partial charge >= 0.3 is 5.97 Å². The van der Waals surface area contributed by atoms with Gasteiger partial charge in [0.25, 0.3) is 0 Å². The number of ether oxygens (including phenoxy) is 1. The maximum atomic E-state index is 13.2. The van der Waals surface area contributed by atoms with Gasteiger partial charge in [-0.3, -0.25) is 0 Å². The molecule has 2 N–H and O–H groups in total. The molecule has 0 bridgehead atoms. The molecule has 5 rings (SSSR count). The molecule has 2 heterocycles. The number of hydrogen-bond acceptors (Lipinski definition) is 6. The number of fused-ring (bicyclic) bond motifs is 6. The average Bonchev–Trinajstić information content (AvgIpc) is 3.07. The van der Waals surface area contributed by atoms with Gasteiger partial charge in [0.1, 0.15) is 11.0 Å². The number of nitrogens with two attached hydrogens (primary N) is 1. The standard InChI is InChI=1S/C24H20BrN5O2.ClH/c1-3-32-23(31)18-13(2)30(12-14-7-5-4-6-8-14)22-19(18)17-11-15(25)9-10-16(17)20-21(22)27-24(26)29-28-20;/h4-11H,3,12H2,1-2H3,(H2,26,27,29);1H. The van der Waals surface area contributed by atoms with Crippen molar-refractivity contribution in [2.24, 2.45) is 0 Å². The second-order valence-electron chi connectivity index (χ2n) is 7.53. The molecular formula is C24H21BrClN5O2. The molecule has 168 valence electrons. The molecule has 9 heteroatoms. The number of carbonyl (C=O) groups excluding carboxylic acids is 1. The van der Waals surface area contributed by atoms with E-state index < -0.39 is 0 Å². The number of carbonyl (C=O) groups is 1.